The summed E-state index contributed by atoms with van der Waals surface area (Å²) in [5.41, 5.74) is 7.00. The third kappa shape index (κ3) is 215. The molecule has 0 radical (unpaired) electrons. The molecule has 0 aromatic rings. The van der Waals surface area contributed by atoms with Gasteiger partial charge in [0.1, 0.15) is 0 Å². The van der Waals surface area contributed by atoms with Gasteiger partial charge in [0.25, 0.3) is 0 Å². The van der Waals surface area contributed by atoms with Crippen LogP contribution in [0.4, 0.5) is 0 Å². The summed E-state index contributed by atoms with van der Waals surface area (Å²) in [6, 6.07) is 0. The van der Waals surface area contributed by atoms with E-state index in [1.807, 2.05) is 20.8 Å². The summed E-state index contributed by atoms with van der Waals surface area (Å²) in [7, 11) is 0. The fraction of sp³-hybridized carbons (Fsp3) is 0.891. The average Bonchev–Trinajstić information content (AvgIpc) is 3.12. The maximum absolute atomic E-state index is 7.00. The third-order valence-corrected chi connectivity index (χ3v) is 5.86. The monoisotopic (exact) mass is 1010 g/mol. The van der Waals surface area contributed by atoms with E-state index in [4.69, 9.17) is 5.73 Å². The third-order valence-electron chi connectivity index (χ3n) is 5.86. The molecule has 312 valence electrons. The first-order valence-electron chi connectivity index (χ1n) is 21.2. The molecule has 0 atom stereocenters. The molecule has 0 rings (SSSR count). The van der Waals surface area contributed by atoms with E-state index in [1.165, 1.54) is 135 Å². The van der Waals surface area contributed by atoms with Crippen LogP contribution in [0.1, 0.15) is 246 Å². The Morgan fingerprint density at radius 1 is 0.431 bits per heavy atom. The van der Waals surface area contributed by atoms with E-state index in [1.54, 1.807) is 13.8 Å². The van der Waals surface area contributed by atoms with Gasteiger partial charge in [-0.1, -0.05) is 213 Å². The summed E-state index contributed by atoms with van der Waals surface area (Å²) in [5.74, 6) is 0. The number of unbranched alkanes of at least 4 members (excludes halogenated alkanes) is 14. The zero-order valence-corrected chi connectivity index (χ0v) is 51.4. The van der Waals surface area contributed by atoms with E-state index in [2.05, 4.69) is 109 Å². The smallest absolute Gasteiger partial charge is 0.677 e. The molecule has 0 aromatic carbocycles. The van der Waals surface area contributed by atoms with E-state index >= 15 is 0 Å². The first-order chi connectivity index (χ1) is 22.8. The minimum Gasteiger partial charge on any atom is -0.677 e. The number of nitrogens with zero attached hydrogens (tertiary/aromatic N) is 1. The van der Waals surface area contributed by atoms with Crippen LogP contribution in [0.5, 0.6) is 0 Å². The van der Waals surface area contributed by atoms with Crippen LogP contribution >= 0.6 is 0 Å². The van der Waals surface area contributed by atoms with Gasteiger partial charge in [-0.25, -0.2) is 0 Å². The molecule has 1 N–H and O–H groups in total. The van der Waals surface area contributed by atoms with E-state index in [0.717, 1.165) is 19.3 Å². The van der Waals surface area contributed by atoms with Crippen molar-refractivity contribution in [3.05, 3.63) is 40.9 Å². The van der Waals surface area contributed by atoms with Crippen LogP contribution in [0.2, 0.25) is 0 Å². The van der Waals surface area contributed by atoms with Gasteiger partial charge >= 0.3 is 134 Å². The van der Waals surface area contributed by atoms with Crippen molar-refractivity contribution >= 4 is 0 Å². The van der Waals surface area contributed by atoms with Gasteiger partial charge in [-0.05, 0) is 26.1 Å². The summed E-state index contributed by atoms with van der Waals surface area (Å²) in [6.07, 6.45) is 27.4. The zero-order valence-electron chi connectivity index (χ0n) is 41.0. The summed E-state index contributed by atoms with van der Waals surface area (Å²) >= 11 is 0. The molecular formula is C46H110K2N2U-2. The van der Waals surface area contributed by atoms with Gasteiger partial charge in [-0.3, -0.25) is 0 Å². The summed E-state index contributed by atoms with van der Waals surface area (Å²) in [6.45, 7) is 51.6. The number of hydrogen-bond acceptors (Lipinski definition) is 1. The average molecular weight is 1010 g/mol. The molecule has 0 aromatic heterocycles. The van der Waals surface area contributed by atoms with Crippen LogP contribution < -0.4 is 103 Å². The molecule has 0 fully saturated rings. The Kier molecular flexibility index (Phi) is 277. The SMILES string of the molecule is CC.CCC.CCCC.CCCC.CCCCCCC.CCN(CC)CCCCCCC[NH-].[CH2-]C.[CH2-]C.[CH2-]CC.[CH2-]CCCCCC.[CH3-].[K+].[K+].[U+2]. The first kappa shape index (κ1) is 95.6. The van der Waals surface area contributed by atoms with Gasteiger partial charge in [0.15, 0.2) is 0 Å². The predicted octanol–water partition coefficient (Wildman–Crippen LogP) is 12.5. The zero-order chi connectivity index (χ0) is 39.3. The molecule has 0 heterocycles. The van der Waals surface area contributed by atoms with Crippen LogP contribution in [0, 0.1) is 66.2 Å². The Hall–Kier alpha value is 4.24. The number of rotatable bonds is 19. The Morgan fingerprint density at radius 3 is 0.882 bits per heavy atom. The maximum atomic E-state index is 7.00. The fourth-order valence-electron chi connectivity index (χ4n) is 2.81. The standard InChI is InChI=1S/C11H25N2.C7H16.C7H15.2C4H10.C3H8.C3H7.C2H6.2C2H5.CH3.2K.U/c1-3-13(4-2)11-9-7-5-6-8-10-12;2*1-3-5-7-6-4-2;2*1-3-4-2;2*1-3-2;3*1-2;;;;/h12H,3-11H2,1-2H3;3-7H2,1-2H3;1,3-7H2,2H3;2*3-4H2,1-2H3;3H2,1-2H3;1,3H2,2H3;1-2H3;2*1H2,2H3;1H3;;;/q-1;;-1;;;;-1;;3*-1;2*+1;+2. The van der Waals surface area contributed by atoms with Crippen molar-refractivity contribution in [3.63, 3.8) is 0 Å². The quantitative estimate of drug-likeness (QED) is 0.0720. The molecule has 0 aliphatic rings. The van der Waals surface area contributed by atoms with Gasteiger partial charge in [0, 0.05) is 0 Å². The van der Waals surface area contributed by atoms with Gasteiger partial charge in [0.05, 0.1) is 0 Å². The second-order valence-corrected chi connectivity index (χ2v) is 10.7. The molecule has 2 nitrogen and oxygen atoms in total. The summed E-state index contributed by atoms with van der Waals surface area (Å²) in [5, 5.41) is 0. The van der Waals surface area contributed by atoms with Gasteiger partial charge in [0.2, 0.25) is 0 Å². The molecule has 0 saturated carbocycles. The van der Waals surface area contributed by atoms with Crippen LogP contribution in [0.25, 0.3) is 5.73 Å². The summed E-state index contributed by atoms with van der Waals surface area (Å²) < 4.78 is 0. The number of hydrogen-bond donors (Lipinski definition) is 0. The normalized spacial score (nSPS) is 7.65. The van der Waals surface area contributed by atoms with E-state index in [-0.39, 0.29) is 141 Å². The van der Waals surface area contributed by atoms with Crippen LogP contribution in [0.15, 0.2) is 0 Å². The van der Waals surface area contributed by atoms with Crippen molar-refractivity contribution in [3.8, 4) is 0 Å². The molecule has 51 heavy (non-hydrogen) atoms. The topological polar surface area (TPSA) is 27.0 Å². The molecule has 5 heteroatoms. The fourth-order valence-corrected chi connectivity index (χ4v) is 2.81. The van der Waals surface area contributed by atoms with Crippen molar-refractivity contribution < 1.29 is 134 Å². The van der Waals surface area contributed by atoms with E-state index in [0.29, 0.717) is 6.54 Å². The maximum Gasteiger partial charge on any atom is 2.00 e. The first-order valence-corrected chi connectivity index (χ1v) is 21.2. The van der Waals surface area contributed by atoms with Crippen molar-refractivity contribution in [1.29, 1.82) is 0 Å². The second kappa shape index (κ2) is 148. The molecule has 0 amide bonds. The number of nitrogens with one attached hydrogen (secondary N) is 1. The van der Waals surface area contributed by atoms with Crippen molar-refractivity contribution in [2.24, 2.45) is 0 Å². The Morgan fingerprint density at radius 2 is 0.667 bits per heavy atom. The van der Waals surface area contributed by atoms with E-state index < -0.39 is 0 Å². The molecule has 0 unspecified atom stereocenters. The van der Waals surface area contributed by atoms with Crippen LogP contribution in [-0.2, 0) is 0 Å². The minimum absolute atomic E-state index is 0. The molecule has 0 spiro atoms. The molecule has 0 saturated heterocycles. The molecule has 0 bridgehead atoms. The van der Waals surface area contributed by atoms with Crippen LogP contribution in [0.3, 0.4) is 0 Å². The molecular weight excluding hydrogens is 897 g/mol. The minimum atomic E-state index is 0. The summed E-state index contributed by atoms with van der Waals surface area (Å²) in [4.78, 5) is 2.48. The Bertz CT molecular complexity index is 268. The van der Waals surface area contributed by atoms with Crippen molar-refractivity contribution in [2.45, 2.75) is 246 Å². The Balaban J connectivity index is -0.0000000265. The predicted molar refractivity (Wildman–Crippen MR) is 241 cm³/mol. The van der Waals surface area contributed by atoms with E-state index in [9.17, 15) is 0 Å². The molecule has 0 aliphatic carbocycles. The van der Waals surface area contributed by atoms with Gasteiger partial charge in [-0.2, -0.15) is 33.2 Å². The van der Waals surface area contributed by atoms with Gasteiger partial charge < -0.3 is 45.8 Å². The van der Waals surface area contributed by atoms with Crippen molar-refractivity contribution in [1.82, 2.24) is 4.90 Å². The van der Waals surface area contributed by atoms with Crippen LogP contribution in [-0.4, -0.2) is 31.1 Å². The van der Waals surface area contributed by atoms with Crippen molar-refractivity contribution in [2.75, 3.05) is 26.2 Å². The second-order valence-electron chi connectivity index (χ2n) is 10.7. The largest absolute Gasteiger partial charge is 2.00 e. The van der Waals surface area contributed by atoms with Gasteiger partial charge in [-0.15, -0.1) is 0 Å². The Labute approximate surface area is 444 Å². The molecule has 0 aliphatic heterocycles.